The summed E-state index contributed by atoms with van der Waals surface area (Å²) in [6, 6.07) is 3.55. The molecule has 0 unspecified atom stereocenters. The van der Waals surface area contributed by atoms with E-state index in [1.807, 2.05) is 13.0 Å². The van der Waals surface area contributed by atoms with E-state index in [-0.39, 0.29) is 0 Å². The summed E-state index contributed by atoms with van der Waals surface area (Å²) in [5.41, 5.74) is 1.04. The zero-order valence-corrected chi connectivity index (χ0v) is 8.54. The predicted molar refractivity (Wildman–Crippen MR) is 52.4 cm³/mol. The van der Waals surface area contributed by atoms with Crippen molar-refractivity contribution in [3.05, 3.63) is 27.7 Å². The molecule has 0 atom stereocenters. The van der Waals surface area contributed by atoms with Crippen LogP contribution in [0.1, 0.15) is 12.5 Å². The molecule has 0 spiro atoms. The Morgan fingerprint density at radius 3 is 2.50 bits per heavy atom. The first kappa shape index (κ1) is 9.69. The molecule has 1 aromatic rings. The van der Waals surface area contributed by atoms with Crippen LogP contribution >= 0.6 is 23.2 Å². The van der Waals surface area contributed by atoms with Crippen LogP contribution < -0.4 is 4.74 Å². The first-order valence-electron chi connectivity index (χ1n) is 3.71. The van der Waals surface area contributed by atoms with Gasteiger partial charge in [-0.25, -0.2) is 0 Å². The summed E-state index contributed by atoms with van der Waals surface area (Å²) in [5.74, 6) is 0.726. The third-order valence-electron chi connectivity index (χ3n) is 1.67. The molecule has 0 aromatic heterocycles. The lowest BCUT2D eigenvalue weighted by Crippen LogP contribution is -1.91. The molecule has 0 radical (unpaired) electrons. The van der Waals surface area contributed by atoms with Crippen molar-refractivity contribution in [2.75, 3.05) is 7.11 Å². The van der Waals surface area contributed by atoms with Crippen molar-refractivity contribution in [2.24, 2.45) is 0 Å². The largest absolute Gasteiger partial charge is 0.495 e. The molecular weight excluding hydrogens is 195 g/mol. The molecule has 0 saturated heterocycles. The maximum absolute atomic E-state index is 5.90. The number of hydrogen-bond donors (Lipinski definition) is 0. The van der Waals surface area contributed by atoms with Crippen LogP contribution in [0.2, 0.25) is 10.0 Å². The van der Waals surface area contributed by atoms with Gasteiger partial charge in [-0.2, -0.15) is 0 Å². The van der Waals surface area contributed by atoms with Gasteiger partial charge in [-0.05, 0) is 24.1 Å². The Bertz CT molecular complexity index is 284. The van der Waals surface area contributed by atoms with Gasteiger partial charge in [0.15, 0.2) is 0 Å². The average Bonchev–Trinajstić information content (AvgIpc) is 2.03. The highest BCUT2D eigenvalue weighted by molar-refractivity contribution is 6.35. The zero-order valence-electron chi connectivity index (χ0n) is 7.03. The first-order chi connectivity index (χ1) is 5.69. The summed E-state index contributed by atoms with van der Waals surface area (Å²) in [6.07, 6.45) is 0.865. The average molecular weight is 205 g/mol. The molecule has 0 bridgehead atoms. The van der Waals surface area contributed by atoms with Crippen LogP contribution in [-0.4, -0.2) is 7.11 Å². The van der Waals surface area contributed by atoms with Gasteiger partial charge in [-0.3, -0.25) is 0 Å². The van der Waals surface area contributed by atoms with Crippen LogP contribution in [0, 0.1) is 0 Å². The molecule has 0 saturated carbocycles. The lowest BCUT2D eigenvalue weighted by Gasteiger charge is -2.08. The van der Waals surface area contributed by atoms with E-state index in [0.717, 1.165) is 17.7 Å². The maximum atomic E-state index is 5.90. The Balaban J connectivity index is 3.24. The second kappa shape index (κ2) is 4.01. The van der Waals surface area contributed by atoms with Gasteiger partial charge in [-0.1, -0.05) is 30.1 Å². The minimum atomic E-state index is 0.571. The van der Waals surface area contributed by atoms with Crippen molar-refractivity contribution < 1.29 is 4.74 Å². The molecule has 3 heteroatoms. The van der Waals surface area contributed by atoms with Gasteiger partial charge >= 0.3 is 0 Å². The van der Waals surface area contributed by atoms with Gasteiger partial charge < -0.3 is 4.74 Å². The molecule has 0 amide bonds. The van der Waals surface area contributed by atoms with E-state index in [2.05, 4.69) is 0 Å². The highest BCUT2D eigenvalue weighted by Gasteiger charge is 2.07. The van der Waals surface area contributed by atoms with E-state index < -0.39 is 0 Å². The van der Waals surface area contributed by atoms with Gasteiger partial charge in [0.2, 0.25) is 0 Å². The van der Waals surface area contributed by atoms with E-state index in [1.165, 1.54) is 0 Å². The van der Waals surface area contributed by atoms with Crippen LogP contribution in [-0.2, 0) is 6.42 Å². The van der Waals surface area contributed by atoms with E-state index in [1.54, 1.807) is 13.2 Å². The van der Waals surface area contributed by atoms with Gasteiger partial charge in [0.25, 0.3) is 0 Å². The summed E-state index contributed by atoms with van der Waals surface area (Å²) >= 11 is 11.7. The third kappa shape index (κ3) is 1.85. The van der Waals surface area contributed by atoms with Gasteiger partial charge in [0, 0.05) is 5.02 Å². The van der Waals surface area contributed by atoms with E-state index in [0.29, 0.717) is 10.0 Å². The number of benzene rings is 1. The molecular formula is C9H10Cl2O. The minimum absolute atomic E-state index is 0.571. The number of methoxy groups -OCH3 is 1. The highest BCUT2D eigenvalue weighted by atomic mass is 35.5. The second-order valence-corrected chi connectivity index (χ2v) is 3.28. The summed E-state index contributed by atoms with van der Waals surface area (Å²) in [4.78, 5) is 0. The second-order valence-electron chi connectivity index (χ2n) is 2.43. The Morgan fingerprint density at radius 2 is 2.00 bits per heavy atom. The molecule has 1 aromatic carbocycles. The van der Waals surface area contributed by atoms with Crippen molar-refractivity contribution >= 4 is 23.2 Å². The molecule has 0 N–H and O–H groups in total. The number of aryl methyl sites for hydroxylation is 1. The molecule has 1 rings (SSSR count). The molecule has 0 fully saturated rings. The molecule has 66 valence electrons. The summed E-state index contributed by atoms with van der Waals surface area (Å²) < 4.78 is 5.13. The SMILES string of the molecule is CCc1cc(Cl)cc(Cl)c1OC. The number of rotatable bonds is 2. The highest BCUT2D eigenvalue weighted by Crippen LogP contribution is 2.32. The zero-order chi connectivity index (χ0) is 9.14. The smallest absolute Gasteiger partial charge is 0.140 e. The minimum Gasteiger partial charge on any atom is -0.495 e. The van der Waals surface area contributed by atoms with Crippen LogP contribution in [0.15, 0.2) is 12.1 Å². The number of ether oxygens (including phenoxy) is 1. The fourth-order valence-electron chi connectivity index (χ4n) is 1.10. The lowest BCUT2D eigenvalue weighted by atomic mass is 10.1. The van der Waals surface area contributed by atoms with E-state index in [4.69, 9.17) is 27.9 Å². The van der Waals surface area contributed by atoms with Gasteiger partial charge in [0.05, 0.1) is 12.1 Å². The Morgan fingerprint density at radius 1 is 1.33 bits per heavy atom. The van der Waals surface area contributed by atoms with Crippen molar-refractivity contribution in [3.63, 3.8) is 0 Å². The molecule has 0 heterocycles. The van der Waals surface area contributed by atoms with E-state index >= 15 is 0 Å². The third-order valence-corrected chi connectivity index (χ3v) is 2.17. The topological polar surface area (TPSA) is 9.23 Å². The van der Waals surface area contributed by atoms with E-state index in [9.17, 15) is 0 Å². The van der Waals surface area contributed by atoms with Crippen LogP contribution in [0.4, 0.5) is 0 Å². The molecule has 12 heavy (non-hydrogen) atoms. The van der Waals surface area contributed by atoms with Gasteiger partial charge in [0.1, 0.15) is 5.75 Å². The van der Waals surface area contributed by atoms with Crippen LogP contribution in [0.5, 0.6) is 5.75 Å². The quantitative estimate of drug-likeness (QED) is 0.717. The summed E-state index contributed by atoms with van der Waals surface area (Å²) in [5, 5.41) is 1.22. The van der Waals surface area contributed by atoms with Crippen LogP contribution in [0.25, 0.3) is 0 Å². The van der Waals surface area contributed by atoms with Crippen LogP contribution in [0.3, 0.4) is 0 Å². The molecule has 0 aliphatic rings. The van der Waals surface area contributed by atoms with Gasteiger partial charge in [-0.15, -0.1) is 0 Å². The van der Waals surface area contributed by atoms with Crippen molar-refractivity contribution in [1.82, 2.24) is 0 Å². The summed E-state index contributed by atoms with van der Waals surface area (Å²) in [7, 11) is 1.61. The standard InChI is InChI=1S/C9H10Cl2O/c1-3-6-4-7(10)5-8(11)9(6)12-2/h4-5H,3H2,1-2H3. The first-order valence-corrected chi connectivity index (χ1v) is 4.46. The maximum Gasteiger partial charge on any atom is 0.140 e. The van der Waals surface area contributed by atoms with Crippen molar-refractivity contribution in [1.29, 1.82) is 0 Å². The van der Waals surface area contributed by atoms with Crippen molar-refractivity contribution in [2.45, 2.75) is 13.3 Å². The molecule has 0 aliphatic carbocycles. The monoisotopic (exact) mass is 204 g/mol. The lowest BCUT2D eigenvalue weighted by molar-refractivity contribution is 0.410. The summed E-state index contributed by atoms with van der Waals surface area (Å²) in [6.45, 7) is 2.03. The molecule has 1 nitrogen and oxygen atoms in total. The van der Waals surface area contributed by atoms with Crippen molar-refractivity contribution in [3.8, 4) is 5.75 Å². The normalized spacial score (nSPS) is 10.0. The Labute approximate surface area is 82.2 Å². The Kier molecular flexibility index (Phi) is 3.24. The number of hydrogen-bond acceptors (Lipinski definition) is 1. The number of halogens is 2. The Hall–Kier alpha value is -0.400. The fourth-order valence-corrected chi connectivity index (χ4v) is 1.72. The predicted octanol–water partition coefficient (Wildman–Crippen LogP) is 3.56. The molecule has 0 aliphatic heterocycles. The fraction of sp³-hybridized carbons (Fsp3) is 0.333.